The summed E-state index contributed by atoms with van der Waals surface area (Å²) in [5.74, 6) is -0.812. The fraction of sp³-hybridized carbons (Fsp3) is 0. The Morgan fingerprint density at radius 3 is 2.71 bits per heavy atom. The number of furan rings is 1. The Morgan fingerprint density at radius 2 is 1.95 bits per heavy atom. The van der Waals surface area contributed by atoms with Gasteiger partial charge in [0.15, 0.2) is 10.8 Å². The number of fused-ring (bicyclic) bond motifs is 2. The lowest BCUT2D eigenvalue weighted by atomic mass is 9.91. The van der Waals surface area contributed by atoms with Crippen LogP contribution in [0.5, 0.6) is 0 Å². The molecule has 0 radical (unpaired) electrons. The summed E-state index contributed by atoms with van der Waals surface area (Å²) < 4.78 is 18.5. The van der Waals surface area contributed by atoms with Crippen molar-refractivity contribution in [2.75, 3.05) is 0 Å². The summed E-state index contributed by atoms with van der Waals surface area (Å²) in [4.78, 5) is 29.3. The van der Waals surface area contributed by atoms with Gasteiger partial charge in [-0.1, -0.05) is 0 Å². The molecule has 0 aliphatic heterocycles. The van der Waals surface area contributed by atoms with E-state index < -0.39 is 11.6 Å². The molecule has 102 valence electrons. The number of thiazole rings is 1. The van der Waals surface area contributed by atoms with Gasteiger partial charge in [0, 0.05) is 11.1 Å². The summed E-state index contributed by atoms with van der Waals surface area (Å²) in [7, 11) is 0. The SMILES string of the molecule is O=C1c2cc(F)ccc2C(=O)c2sc(-c3ccco3)nc21. The number of benzene rings is 1. The zero-order chi connectivity index (χ0) is 14.6. The maximum absolute atomic E-state index is 13.3. The molecule has 4 rings (SSSR count). The summed E-state index contributed by atoms with van der Waals surface area (Å²) in [6.45, 7) is 0. The van der Waals surface area contributed by atoms with Crippen LogP contribution in [0.2, 0.25) is 0 Å². The van der Waals surface area contributed by atoms with Crippen molar-refractivity contribution in [2.24, 2.45) is 0 Å². The highest BCUT2D eigenvalue weighted by Crippen LogP contribution is 2.35. The summed E-state index contributed by atoms with van der Waals surface area (Å²) in [5, 5.41) is 0.458. The number of aromatic nitrogens is 1. The molecule has 0 atom stereocenters. The Morgan fingerprint density at radius 1 is 1.10 bits per heavy atom. The lowest BCUT2D eigenvalue weighted by molar-refractivity contribution is 0.0979. The first-order chi connectivity index (χ1) is 10.1. The van der Waals surface area contributed by atoms with Gasteiger partial charge in [-0.15, -0.1) is 11.3 Å². The molecule has 0 saturated carbocycles. The van der Waals surface area contributed by atoms with E-state index in [0.717, 1.165) is 17.4 Å². The van der Waals surface area contributed by atoms with Crippen LogP contribution < -0.4 is 0 Å². The van der Waals surface area contributed by atoms with Crippen LogP contribution in [0.15, 0.2) is 41.0 Å². The monoisotopic (exact) mass is 299 g/mol. The van der Waals surface area contributed by atoms with Gasteiger partial charge in [-0.25, -0.2) is 9.37 Å². The van der Waals surface area contributed by atoms with Crippen molar-refractivity contribution in [3.63, 3.8) is 0 Å². The molecule has 0 fully saturated rings. The summed E-state index contributed by atoms with van der Waals surface area (Å²) in [5.41, 5.74) is 0.335. The van der Waals surface area contributed by atoms with E-state index in [1.54, 1.807) is 12.1 Å². The topological polar surface area (TPSA) is 60.2 Å². The lowest BCUT2D eigenvalue weighted by Crippen LogP contribution is -2.19. The molecule has 4 nitrogen and oxygen atoms in total. The van der Waals surface area contributed by atoms with Crippen LogP contribution in [-0.4, -0.2) is 16.6 Å². The molecule has 3 aromatic rings. The average Bonchev–Trinajstić information content (AvgIpc) is 3.13. The van der Waals surface area contributed by atoms with E-state index in [9.17, 15) is 14.0 Å². The van der Waals surface area contributed by atoms with Crippen molar-refractivity contribution in [1.29, 1.82) is 0 Å². The normalized spacial score (nSPS) is 13.2. The molecule has 0 amide bonds. The number of carbonyl (C=O) groups is 2. The molecule has 0 spiro atoms. The molecule has 0 unspecified atom stereocenters. The van der Waals surface area contributed by atoms with E-state index in [-0.39, 0.29) is 27.5 Å². The van der Waals surface area contributed by atoms with Crippen LogP contribution in [0.4, 0.5) is 4.39 Å². The summed E-state index contributed by atoms with van der Waals surface area (Å²) >= 11 is 1.10. The quantitative estimate of drug-likeness (QED) is 0.541. The first-order valence-electron chi connectivity index (χ1n) is 6.09. The number of hydrogen-bond donors (Lipinski definition) is 0. The second kappa shape index (κ2) is 4.20. The molecule has 0 saturated heterocycles. The Balaban J connectivity index is 1.93. The van der Waals surface area contributed by atoms with E-state index in [4.69, 9.17) is 4.42 Å². The predicted octanol–water partition coefficient (Wildman–Crippen LogP) is 3.32. The zero-order valence-corrected chi connectivity index (χ0v) is 11.2. The fourth-order valence-corrected chi connectivity index (χ4v) is 3.27. The fourth-order valence-electron chi connectivity index (χ4n) is 2.29. The summed E-state index contributed by atoms with van der Waals surface area (Å²) in [6.07, 6.45) is 1.49. The molecule has 0 N–H and O–H groups in total. The van der Waals surface area contributed by atoms with Gasteiger partial charge in [0.25, 0.3) is 0 Å². The highest BCUT2D eigenvalue weighted by Gasteiger charge is 2.34. The molecular weight excluding hydrogens is 293 g/mol. The van der Waals surface area contributed by atoms with Crippen molar-refractivity contribution in [3.05, 3.63) is 64.1 Å². The van der Waals surface area contributed by atoms with Crippen molar-refractivity contribution in [3.8, 4) is 10.8 Å². The van der Waals surface area contributed by atoms with Gasteiger partial charge in [-0.3, -0.25) is 9.59 Å². The molecule has 1 aliphatic carbocycles. The number of carbonyl (C=O) groups excluding carboxylic acids is 2. The van der Waals surface area contributed by atoms with Gasteiger partial charge < -0.3 is 4.42 Å². The maximum atomic E-state index is 13.3. The van der Waals surface area contributed by atoms with E-state index >= 15 is 0 Å². The number of rotatable bonds is 1. The lowest BCUT2D eigenvalue weighted by Gasteiger charge is -2.12. The number of halogens is 1. The second-order valence-electron chi connectivity index (χ2n) is 4.52. The summed E-state index contributed by atoms with van der Waals surface area (Å²) in [6, 6.07) is 6.98. The molecule has 2 aromatic heterocycles. The third-order valence-corrected chi connectivity index (χ3v) is 4.32. The van der Waals surface area contributed by atoms with Gasteiger partial charge >= 0.3 is 0 Å². The van der Waals surface area contributed by atoms with Crippen molar-refractivity contribution >= 4 is 22.9 Å². The van der Waals surface area contributed by atoms with E-state index in [2.05, 4.69) is 4.98 Å². The number of hydrogen-bond acceptors (Lipinski definition) is 5. The van der Waals surface area contributed by atoms with Crippen LogP contribution in [0.25, 0.3) is 10.8 Å². The Kier molecular flexibility index (Phi) is 2.43. The van der Waals surface area contributed by atoms with Crippen LogP contribution in [0, 0.1) is 5.82 Å². The van der Waals surface area contributed by atoms with Gasteiger partial charge in [0.1, 0.15) is 16.4 Å². The van der Waals surface area contributed by atoms with Gasteiger partial charge in [-0.2, -0.15) is 0 Å². The highest BCUT2D eigenvalue weighted by molar-refractivity contribution is 7.17. The van der Waals surface area contributed by atoms with Crippen molar-refractivity contribution in [2.45, 2.75) is 0 Å². The van der Waals surface area contributed by atoms with E-state index in [0.29, 0.717) is 10.8 Å². The first-order valence-corrected chi connectivity index (χ1v) is 6.90. The van der Waals surface area contributed by atoms with Gasteiger partial charge in [0.05, 0.1) is 6.26 Å². The molecule has 21 heavy (non-hydrogen) atoms. The largest absolute Gasteiger partial charge is 0.462 e. The average molecular weight is 299 g/mol. The second-order valence-corrected chi connectivity index (χ2v) is 5.52. The van der Waals surface area contributed by atoms with Gasteiger partial charge in [-0.05, 0) is 30.3 Å². The third-order valence-electron chi connectivity index (χ3n) is 3.25. The first kappa shape index (κ1) is 12.2. The van der Waals surface area contributed by atoms with E-state index in [1.165, 1.54) is 18.4 Å². The minimum atomic E-state index is -0.556. The molecular formula is C15H6FNO3S. The predicted molar refractivity (Wildman–Crippen MR) is 73.1 cm³/mol. The van der Waals surface area contributed by atoms with Crippen LogP contribution in [0.3, 0.4) is 0 Å². The zero-order valence-electron chi connectivity index (χ0n) is 10.4. The van der Waals surface area contributed by atoms with Crippen LogP contribution >= 0.6 is 11.3 Å². The molecule has 1 aromatic carbocycles. The molecule has 0 bridgehead atoms. The highest BCUT2D eigenvalue weighted by atomic mass is 32.1. The maximum Gasteiger partial charge on any atom is 0.213 e. The Labute approximate surface area is 121 Å². The Hall–Kier alpha value is -2.60. The molecule has 6 heteroatoms. The molecule has 2 heterocycles. The van der Waals surface area contributed by atoms with E-state index in [1.807, 2.05) is 0 Å². The van der Waals surface area contributed by atoms with Gasteiger partial charge in [0.2, 0.25) is 11.6 Å². The van der Waals surface area contributed by atoms with Crippen LogP contribution in [-0.2, 0) is 0 Å². The number of ketones is 2. The third kappa shape index (κ3) is 1.69. The number of nitrogens with zero attached hydrogens (tertiary/aromatic N) is 1. The standard InChI is InChI=1S/C15H6FNO3S/c16-7-3-4-8-9(6-7)12(18)11-14(13(8)19)21-15(17-11)10-2-1-5-20-10/h1-6H. The van der Waals surface area contributed by atoms with Crippen molar-refractivity contribution < 1.29 is 18.4 Å². The van der Waals surface area contributed by atoms with Crippen molar-refractivity contribution in [1.82, 2.24) is 4.98 Å². The minimum Gasteiger partial charge on any atom is -0.462 e. The minimum absolute atomic E-state index is 0.0591. The Bertz CT molecular complexity index is 896. The smallest absolute Gasteiger partial charge is 0.213 e. The molecule has 1 aliphatic rings. The van der Waals surface area contributed by atoms with Crippen LogP contribution in [0.1, 0.15) is 31.3 Å².